The summed E-state index contributed by atoms with van der Waals surface area (Å²) in [5.41, 5.74) is 7.75. The van der Waals surface area contributed by atoms with Gasteiger partial charge < -0.3 is 5.73 Å². The van der Waals surface area contributed by atoms with E-state index in [-0.39, 0.29) is 0 Å². The quantitative estimate of drug-likeness (QED) is 0.749. The van der Waals surface area contributed by atoms with E-state index in [2.05, 4.69) is 14.9 Å². The van der Waals surface area contributed by atoms with Gasteiger partial charge in [0, 0.05) is 31.4 Å². The SMILES string of the molecule is Cc1cc(CN2CCC2CN)ncn1. The number of hydrogen-bond donors (Lipinski definition) is 1. The minimum atomic E-state index is 0.560. The molecule has 1 aliphatic rings. The zero-order valence-electron chi connectivity index (χ0n) is 8.48. The van der Waals surface area contributed by atoms with E-state index < -0.39 is 0 Å². The molecular formula is C10H16N4. The number of aryl methyl sites for hydroxylation is 1. The van der Waals surface area contributed by atoms with Gasteiger partial charge in [-0.25, -0.2) is 9.97 Å². The standard InChI is InChI=1S/C10H16N4/c1-8-4-9(13-7-12-8)6-14-3-2-10(14)5-11/h4,7,10H,2-3,5-6,11H2,1H3. The number of aromatic nitrogens is 2. The van der Waals surface area contributed by atoms with E-state index in [0.29, 0.717) is 6.04 Å². The van der Waals surface area contributed by atoms with Crippen LogP contribution in [-0.4, -0.2) is 34.0 Å². The van der Waals surface area contributed by atoms with Crippen molar-refractivity contribution < 1.29 is 0 Å². The molecule has 0 saturated carbocycles. The highest BCUT2D eigenvalue weighted by Crippen LogP contribution is 2.18. The average molecular weight is 192 g/mol. The number of nitrogens with zero attached hydrogens (tertiary/aromatic N) is 3. The molecule has 0 radical (unpaired) electrons. The molecule has 0 aliphatic carbocycles. The molecule has 1 saturated heterocycles. The second-order valence-electron chi connectivity index (χ2n) is 3.80. The fraction of sp³-hybridized carbons (Fsp3) is 0.600. The summed E-state index contributed by atoms with van der Waals surface area (Å²) in [7, 11) is 0. The van der Waals surface area contributed by atoms with Crippen LogP contribution in [0.1, 0.15) is 17.8 Å². The highest BCUT2D eigenvalue weighted by atomic mass is 15.2. The Balaban J connectivity index is 1.97. The molecule has 1 unspecified atom stereocenters. The highest BCUT2D eigenvalue weighted by molar-refractivity contribution is 5.07. The molecule has 0 bridgehead atoms. The molecule has 14 heavy (non-hydrogen) atoms. The van der Waals surface area contributed by atoms with Crippen molar-refractivity contribution in [2.24, 2.45) is 5.73 Å². The van der Waals surface area contributed by atoms with Crippen LogP contribution >= 0.6 is 0 Å². The molecule has 2 heterocycles. The molecule has 0 spiro atoms. The van der Waals surface area contributed by atoms with Crippen molar-refractivity contribution in [1.29, 1.82) is 0 Å². The van der Waals surface area contributed by atoms with Crippen LogP contribution in [0.5, 0.6) is 0 Å². The summed E-state index contributed by atoms with van der Waals surface area (Å²) in [4.78, 5) is 10.7. The first-order valence-electron chi connectivity index (χ1n) is 5.01. The molecule has 2 N–H and O–H groups in total. The summed E-state index contributed by atoms with van der Waals surface area (Å²) in [6.45, 7) is 4.79. The third kappa shape index (κ3) is 1.91. The fourth-order valence-electron chi connectivity index (χ4n) is 1.77. The first-order valence-corrected chi connectivity index (χ1v) is 5.01. The van der Waals surface area contributed by atoms with Gasteiger partial charge in [-0.3, -0.25) is 4.90 Å². The maximum Gasteiger partial charge on any atom is 0.115 e. The molecule has 1 fully saturated rings. The van der Waals surface area contributed by atoms with E-state index in [1.165, 1.54) is 6.42 Å². The van der Waals surface area contributed by atoms with Gasteiger partial charge in [0.1, 0.15) is 6.33 Å². The van der Waals surface area contributed by atoms with E-state index in [1.54, 1.807) is 6.33 Å². The Morgan fingerprint density at radius 3 is 3.00 bits per heavy atom. The van der Waals surface area contributed by atoms with Gasteiger partial charge in [0.15, 0.2) is 0 Å². The van der Waals surface area contributed by atoms with Crippen molar-refractivity contribution in [1.82, 2.24) is 14.9 Å². The van der Waals surface area contributed by atoms with Crippen molar-refractivity contribution in [3.05, 3.63) is 23.8 Å². The van der Waals surface area contributed by atoms with E-state index in [9.17, 15) is 0 Å². The summed E-state index contributed by atoms with van der Waals surface area (Å²) < 4.78 is 0. The number of likely N-dealkylation sites (tertiary alicyclic amines) is 1. The van der Waals surface area contributed by atoms with Gasteiger partial charge in [0.25, 0.3) is 0 Å². The predicted octanol–water partition coefficient (Wildman–Crippen LogP) is 0.318. The zero-order valence-corrected chi connectivity index (χ0v) is 8.48. The van der Waals surface area contributed by atoms with Crippen LogP contribution in [0.25, 0.3) is 0 Å². The van der Waals surface area contributed by atoms with Crippen molar-refractivity contribution in [2.45, 2.75) is 25.9 Å². The van der Waals surface area contributed by atoms with Gasteiger partial charge >= 0.3 is 0 Å². The van der Waals surface area contributed by atoms with E-state index in [1.807, 2.05) is 13.0 Å². The largest absolute Gasteiger partial charge is 0.329 e. The van der Waals surface area contributed by atoms with Crippen LogP contribution in [0.15, 0.2) is 12.4 Å². The van der Waals surface area contributed by atoms with Crippen LogP contribution in [-0.2, 0) is 6.54 Å². The van der Waals surface area contributed by atoms with Gasteiger partial charge in [-0.15, -0.1) is 0 Å². The van der Waals surface area contributed by atoms with Crippen LogP contribution in [0, 0.1) is 6.92 Å². The maximum atomic E-state index is 5.63. The number of rotatable bonds is 3. The Kier molecular flexibility index (Phi) is 2.74. The molecule has 0 aromatic carbocycles. The average Bonchev–Trinajstić information content (AvgIpc) is 2.14. The Labute approximate surface area is 84.2 Å². The minimum absolute atomic E-state index is 0.560. The third-order valence-corrected chi connectivity index (χ3v) is 2.76. The number of hydrogen-bond acceptors (Lipinski definition) is 4. The monoisotopic (exact) mass is 192 g/mol. The van der Waals surface area contributed by atoms with Gasteiger partial charge in [0.05, 0.1) is 5.69 Å². The minimum Gasteiger partial charge on any atom is -0.329 e. The van der Waals surface area contributed by atoms with Gasteiger partial charge in [-0.05, 0) is 19.4 Å². The molecule has 0 amide bonds. The molecule has 1 atom stereocenters. The Morgan fingerprint density at radius 2 is 2.43 bits per heavy atom. The Bertz CT molecular complexity index is 311. The van der Waals surface area contributed by atoms with Crippen molar-refractivity contribution >= 4 is 0 Å². The van der Waals surface area contributed by atoms with Gasteiger partial charge in [-0.1, -0.05) is 0 Å². The molecule has 4 heteroatoms. The topological polar surface area (TPSA) is 55.0 Å². The van der Waals surface area contributed by atoms with Gasteiger partial charge in [-0.2, -0.15) is 0 Å². The molecule has 1 aromatic heterocycles. The normalized spacial score (nSPS) is 22.0. The summed E-state index contributed by atoms with van der Waals surface area (Å²) in [6, 6.07) is 2.59. The lowest BCUT2D eigenvalue weighted by Crippen LogP contribution is -2.51. The molecule has 1 aromatic rings. The smallest absolute Gasteiger partial charge is 0.115 e. The van der Waals surface area contributed by atoms with E-state index in [0.717, 1.165) is 31.0 Å². The first kappa shape index (κ1) is 9.55. The second kappa shape index (κ2) is 4.02. The lowest BCUT2D eigenvalue weighted by atomic mass is 10.0. The Morgan fingerprint density at radius 1 is 1.57 bits per heavy atom. The fourth-order valence-corrected chi connectivity index (χ4v) is 1.77. The van der Waals surface area contributed by atoms with Crippen LogP contribution in [0.4, 0.5) is 0 Å². The van der Waals surface area contributed by atoms with Crippen LogP contribution in [0.3, 0.4) is 0 Å². The predicted molar refractivity (Wildman–Crippen MR) is 54.6 cm³/mol. The molecule has 1 aliphatic heterocycles. The summed E-state index contributed by atoms with van der Waals surface area (Å²) in [5, 5.41) is 0. The van der Waals surface area contributed by atoms with E-state index in [4.69, 9.17) is 5.73 Å². The maximum absolute atomic E-state index is 5.63. The molecule has 4 nitrogen and oxygen atoms in total. The zero-order chi connectivity index (χ0) is 9.97. The van der Waals surface area contributed by atoms with Crippen LogP contribution < -0.4 is 5.73 Å². The van der Waals surface area contributed by atoms with E-state index >= 15 is 0 Å². The molecule has 2 rings (SSSR count). The molecular weight excluding hydrogens is 176 g/mol. The summed E-state index contributed by atoms with van der Waals surface area (Å²) in [6.07, 6.45) is 2.85. The summed E-state index contributed by atoms with van der Waals surface area (Å²) >= 11 is 0. The number of nitrogens with two attached hydrogens (primary N) is 1. The van der Waals surface area contributed by atoms with Crippen molar-refractivity contribution in [2.75, 3.05) is 13.1 Å². The Hall–Kier alpha value is -1.00. The van der Waals surface area contributed by atoms with Crippen molar-refractivity contribution in [3.8, 4) is 0 Å². The van der Waals surface area contributed by atoms with Crippen LogP contribution in [0.2, 0.25) is 0 Å². The summed E-state index contributed by atoms with van der Waals surface area (Å²) in [5.74, 6) is 0. The third-order valence-electron chi connectivity index (χ3n) is 2.76. The highest BCUT2D eigenvalue weighted by Gasteiger charge is 2.26. The second-order valence-corrected chi connectivity index (χ2v) is 3.80. The molecule has 76 valence electrons. The lowest BCUT2D eigenvalue weighted by Gasteiger charge is -2.40. The lowest BCUT2D eigenvalue weighted by molar-refractivity contribution is 0.0866. The van der Waals surface area contributed by atoms with Gasteiger partial charge in [0.2, 0.25) is 0 Å². The van der Waals surface area contributed by atoms with Crippen molar-refractivity contribution in [3.63, 3.8) is 0 Å². The first-order chi connectivity index (χ1) is 6.79.